The fraction of sp³-hybridized carbons (Fsp3) is 0.370. The molecule has 0 radical (unpaired) electrons. The molecule has 0 heterocycles. The SMILES string of the molecule is CC(C(=O)O)(C1C=Cc2ccccc21)C1C=Cc2ccccc21.CC(O)COC(C)CO. The highest BCUT2D eigenvalue weighted by Crippen LogP contribution is 2.53. The Bertz CT molecular complexity index is 930. The van der Waals surface area contributed by atoms with Crippen LogP contribution in [0.2, 0.25) is 0 Å². The topological polar surface area (TPSA) is 87.0 Å². The Labute approximate surface area is 189 Å². The molecule has 3 N–H and O–H groups in total. The summed E-state index contributed by atoms with van der Waals surface area (Å²) in [5.41, 5.74) is 3.55. The first-order chi connectivity index (χ1) is 15.3. The number of carboxylic acid groups (broad SMARTS) is 1. The Morgan fingerprint density at radius 2 is 1.44 bits per heavy atom. The molecule has 4 rings (SSSR count). The number of benzene rings is 2. The van der Waals surface area contributed by atoms with Gasteiger partial charge in [-0.05, 0) is 43.0 Å². The first-order valence-corrected chi connectivity index (χ1v) is 11.0. The van der Waals surface area contributed by atoms with E-state index in [2.05, 4.69) is 0 Å². The van der Waals surface area contributed by atoms with Crippen molar-refractivity contribution in [2.75, 3.05) is 13.2 Å². The van der Waals surface area contributed by atoms with Crippen LogP contribution in [-0.2, 0) is 9.53 Å². The number of aliphatic hydroxyl groups is 2. The number of carboxylic acids is 1. The summed E-state index contributed by atoms with van der Waals surface area (Å²) in [4.78, 5) is 12.3. The average Bonchev–Trinajstić information content (AvgIpc) is 3.42. The number of aliphatic hydroxyl groups excluding tert-OH is 2. The number of hydrogen-bond donors (Lipinski definition) is 3. The Hall–Kier alpha value is -2.73. The number of carbonyl (C=O) groups is 1. The van der Waals surface area contributed by atoms with E-state index >= 15 is 0 Å². The van der Waals surface area contributed by atoms with E-state index in [1.807, 2.05) is 79.8 Å². The predicted molar refractivity (Wildman–Crippen MR) is 126 cm³/mol. The molecule has 2 aromatic rings. The molecule has 170 valence electrons. The van der Waals surface area contributed by atoms with Gasteiger partial charge in [0.2, 0.25) is 0 Å². The molecule has 0 bridgehead atoms. The minimum Gasteiger partial charge on any atom is -0.481 e. The van der Waals surface area contributed by atoms with Crippen molar-refractivity contribution in [3.63, 3.8) is 0 Å². The minimum absolute atomic E-state index is 0.00667. The molecule has 0 saturated carbocycles. The van der Waals surface area contributed by atoms with Crippen LogP contribution in [0.3, 0.4) is 0 Å². The van der Waals surface area contributed by atoms with E-state index in [0.29, 0.717) is 6.61 Å². The van der Waals surface area contributed by atoms with E-state index in [4.69, 9.17) is 14.9 Å². The number of fused-ring (bicyclic) bond motifs is 2. The van der Waals surface area contributed by atoms with Gasteiger partial charge in [0, 0.05) is 11.8 Å². The predicted octanol–water partition coefficient (Wildman–Crippen LogP) is 4.46. The van der Waals surface area contributed by atoms with E-state index in [0.717, 1.165) is 22.3 Å². The van der Waals surface area contributed by atoms with Gasteiger partial charge >= 0.3 is 5.97 Å². The largest absolute Gasteiger partial charge is 0.481 e. The van der Waals surface area contributed by atoms with E-state index in [1.54, 1.807) is 13.8 Å². The standard InChI is InChI=1S/C21H18O2.C6H14O3/c1-21(20(22)23,18-12-10-14-6-2-4-8-16(14)18)19-13-11-15-7-3-5-9-17(15)19;1-5(8)4-9-6(2)3-7/h2-13,18-19H,1H3,(H,22,23);5-8H,3-4H2,1-2H3. The molecular weight excluding hydrogens is 404 g/mol. The Morgan fingerprint density at radius 1 is 0.969 bits per heavy atom. The zero-order chi connectivity index (χ0) is 23.3. The van der Waals surface area contributed by atoms with Crippen molar-refractivity contribution in [3.8, 4) is 0 Å². The summed E-state index contributed by atoms with van der Waals surface area (Å²) < 4.78 is 4.95. The summed E-state index contributed by atoms with van der Waals surface area (Å²) in [5, 5.41) is 27.3. The van der Waals surface area contributed by atoms with Crippen LogP contribution < -0.4 is 0 Å². The van der Waals surface area contributed by atoms with Gasteiger partial charge in [0.05, 0.1) is 30.8 Å². The summed E-state index contributed by atoms with van der Waals surface area (Å²) in [7, 11) is 0. The van der Waals surface area contributed by atoms with Crippen LogP contribution in [0.4, 0.5) is 0 Å². The molecule has 0 aliphatic heterocycles. The van der Waals surface area contributed by atoms with Crippen LogP contribution in [0, 0.1) is 5.41 Å². The number of ether oxygens (including phenoxy) is 1. The molecule has 0 saturated heterocycles. The van der Waals surface area contributed by atoms with Crippen LogP contribution in [-0.4, -0.2) is 46.7 Å². The highest BCUT2D eigenvalue weighted by molar-refractivity contribution is 5.82. The number of rotatable bonds is 7. The van der Waals surface area contributed by atoms with Gasteiger partial charge in [-0.3, -0.25) is 4.79 Å². The normalized spacial score (nSPS) is 21.7. The first kappa shape index (κ1) is 23.9. The van der Waals surface area contributed by atoms with Gasteiger partial charge in [-0.2, -0.15) is 0 Å². The number of aliphatic carboxylic acids is 1. The zero-order valence-electron chi connectivity index (χ0n) is 18.8. The second-order valence-electron chi connectivity index (χ2n) is 8.69. The summed E-state index contributed by atoms with van der Waals surface area (Å²) in [5.74, 6) is -1.01. The highest BCUT2D eigenvalue weighted by atomic mass is 16.5. The smallest absolute Gasteiger partial charge is 0.311 e. The third-order valence-corrected chi connectivity index (χ3v) is 6.23. The van der Waals surface area contributed by atoms with Crippen molar-refractivity contribution in [2.24, 2.45) is 5.41 Å². The van der Waals surface area contributed by atoms with Gasteiger partial charge in [-0.25, -0.2) is 0 Å². The van der Waals surface area contributed by atoms with Crippen LogP contribution >= 0.6 is 0 Å². The van der Waals surface area contributed by atoms with Gasteiger partial charge < -0.3 is 20.1 Å². The maximum Gasteiger partial charge on any atom is 0.311 e. The second-order valence-corrected chi connectivity index (χ2v) is 8.69. The van der Waals surface area contributed by atoms with Crippen molar-refractivity contribution in [3.05, 3.63) is 82.9 Å². The van der Waals surface area contributed by atoms with Crippen molar-refractivity contribution in [1.29, 1.82) is 0 Å². The highest BCUT2D eigenvalue weighted by Gasteiger charge is 2.50. The van der Waals surface area contributed by atoms with Gasteiger partial charge in [-0.15, -0.1) is 0 Å². The van der Waals surface area contributed by atoms with E-state index in [1.165, 1.54) is 0 Å². The monoisotopic (exact) mass is 436 g/mol. The van der Waals surface area contributed by atoms with Crippen molar-refractivity contribution >= 4 is 18.1 Å². The lowest BCUT2D eigenvalue weighted by Crippen LogP contribution is -2.38. The third-order valence-electron chi connectivity index (χ3n) is 6.23. The van der Waals surface area contributed by atoms with Crippen LogP contribution in [0.5, 0.6) is 0 Å². The van der Waals surface area contributed by atoms with E-state index in [-0.39, 0.29) is 24.5 Å². The molecule has 0 spiro atoms. The third kappa shape index (κ3) is 4.85. The molecule has 2 aromatic carbocycles. The molecule has 2 aliphatic carbocycles. The molecule has 4 unspecified atom stereocenters. The first-order valence-electron chi connectivity index (χ1n) is 11.0. The lowest BCUT2D eigenvalue weighted by atomic mass is 9.64. The lowest BCUT2D eigenvalue weighted by Gasteiger charge is -2.36. The van der Waals surface area contributed by atoms with E-state index < -0.39 is 17.5 Å². The Balaban J connectivity index is 0.000000275. The van der Waals surface area contributed by atoms with Gasteiger partial charge in [0.15, 0.2) is 0 Å². The van der Waals surface area contributed by atoms with E-state index in [9.17, 15) is 9.90 Å². The minimum atomic E-state index is -0.911. The summed E-state index contributed by atoms with van der Waals surface area (Å²) in [6, 6.07) is 16.2. The second kappa shape index (κ2) is 10.3. The maximum atomic E-state index is 12.3. The Morgan fingerprint density at radius 3 is 1.84 bits per heavy atom. The van der Waals surface area contributed by atoms with Crippen LogP contribution in [0.1, 0.15) is 54.9 Å². The molecule has 5 nitrogen and oxygen atoms in total. The molecule has 0 fully saturated rings. The molecule has 4 atom stereocenters. The van der Waals surface area contributed by atoms with Gasteiger partial charge in [-0.1, -0.05) is 72.8 Å². The summed E-state index contributed by atoms with van der Waals surface area (Å²) in [6.07, 6.45) is 7.58. The van der Waals surface area contributed by atoms with Crippen LogP contribution in [0.15, 0.2) is 60.7 Å². The molecule has 2 aliphatic rings. The summed E-state index contributed by atoms with van der Waals surface area (Å²) >= 11 is 0. The molecule has 5 heteroatoms. The molecular formula is C27H32O5. The average molecular weight is 437 g/mol. The van der Waals surface area contributed by atoms with Crippen LogP contribution in [0.25, 0.3) is 12.2 Å². The fourth-order valence-electron chi connectivity index (χ4n) is 4.36. The van der Waals surface area contributed by atoms with Crippen molar-refractivity contribution < 1.29 is 24.9 Å². The zero-order valence-corrected chi connectivity index (χ0v) is 18.8. The maximum absolute atomic E-state index is 12.3. The molecule has 0 aromatic heterocycles. The Kier molecular flexibility index (Phi) is 7.67. The summed E-state index contributed by atoms with van der Waals surface area (Å²) in [6.45, 7) is 5.57. The quantitative estimate of drug-likeness (QED) is 0.596. The van der Waals surface area contributed by atoms with Crippen molar-refractivity contribution in [2.45, 2.75) is 44.8 Å². The van der Waals surface area contributed by atoms with Gasteiger partial charge in [0.1, 0.15) is 0 Å². The fourth-order valence-corrected chi connectivity index (χ4v) is 4.36. The van der Waals surface area contributed by atoms with Crippen molar-refractivity contribution in [1.82, 2.24) is 0 Å². The van der Waals surface area contributed by atoms with Gasteiger partial charge in [0.25, 0.3) is 0 Å². The number of allylic oxidation sites excluding steroid dienone is 2. The number of hydrogen-bond acceptors (Lipinski definition) is 4. The molecule has 0 amide bonds. The lowest BCUT2D eigenvalue weighted by molar-refractivity contribution is -0.149. The molecule has 32 heavy (non-hydrogen) atoms.